The molecule has 1 atom stereocenters. The summed E-state index contributed by atoms with van der Waals surface area (Å²) < 4.78 is 5.33. The first-order chi connectivity index (χ1) is 8.27. The number of morpholine rings is 1. The maximum atomic E-state index is 12.1. The minimum Gasteiger partial charge on any atom is -0.379 e. The standard InChI is InChI=1S/C12H23N3O2/c1-11(14-6-8-17-9-7-14)10-12(16)15-4-2-13-3-5-15/h11,13H,2-10H2,1H3. The number of carbonyl (C=O) groups is 1. The van der Waals surface area contributed by atoms with Gasteiger partial charge >= 0.3 is 0 Å². The van der Waals surface area contributed by atoms with Crippen LogP contribution in [-0.4, -0.2) is 74.2 Å². The second-order valence-corrected chi connectivity index (χ2v) is 4.83. The van der Waals surface area contributed by atoms with Crippen molar-refractivity contribution in [3.8, 4) is 0 Å². The fourth-order valence-corrected chi connectivity index (χ4v) is 2.44. The molecule has 5 nitrogen and oxygen atoms in total. The third kappa shape index (κ3) is 3.66. The lowest BCUT2D eigenvalue weighted by atomic mass is 10.1. The van der Waals surface area contributed by atoms with Crippen LogP contribution in [0, 0.1) is 0 Å². The van der Waals surface area contributed by atoms with Crippen LogP contribution in [0.4, 0.5) is 0 Å². The first-order valence-electron chi connectivity index (χ1n) is 6.57. The van der Waals surface area contributed by atoms with E-state index < -0.39 is 0 Å². The maximum Gasteiger partial charge on any atom is 0.224 e. The van der Waals surface area contributed by atoms with Gasteiger partial charge in [-0.15, -0.1) is 0 Å². The van der Waals surface area contributed by atoms with E-state index in [4.69, 9.17) is 4.74 Å². The highest BCUT2D eigenvalue weighted by atomic mass is 16.5. The molecule has 2 saturated heterocycles. The van der Waals surface area contributed by atoms with Crippen LogP contribution < -0.4 is 5.32 Å². The number of carbonyl (C=O) groups excluding carboxylic acids is 1. The van der Waals surface area contributed by atoms with Crippen molar-refractivity contribution in [3.05, 3.63) is 0 Å². The summed E-state index contributed by atoms with van der Waals surface area (Å²) in [4.78, 5) is 16.4. The summed E-state index contributed by atoms with van der Waals surface area (Å²) in [5, 5.41) is 3.27. The molecule has 1 N–H and O–H groups in total. The molecular weight excluding hydrogens is 218 g/mol. The van der Waals surface area contributed by atoms with Crippen molar-refractivity contribution in [2.45, 2.75) is 19.4 Å². The van der Waals surface area contributed by atoms with Crippen molar-refractivity contribution in [2.75, 3.05) is 52.5 Å². The third-order valence-corrected chi connectivity index (χ3v) is 3.61. The molecule has 5 heteroatoms. The molecule has 98 valence electrons. The number of rotatable bonds is 3. The molecule has 0 aromatic heterocycles. The number of hydrogen-bond acceptors (Lipinski definition) is 4. The van der Waals surface area contributed by atoms with Crippen molar-refractivity contribution >= 4 is 5.91 Å². The van der Waals surface area contributed by atoms with Crippen LogP contribution in [0.15, 0.2) is 0 Å². The monoisotopic (exact) mass is 241 g/mol. The normalized spacial score (nSPS) is 24.6. The van der Waals surface area contributed by atoms with Gasteiger partial charge in [-0.3, -0.25) is 9.69 Å². The second kappa shape index (κ2) is 6.33. The summed E-state index contributed by atoms with van der Waals surface area (Å²) in [6.45, 7) is 9.22. The number of nitrogens with zero attached hydrogens (tertiary/aromatic N) is 2. The van der Waals surface area contributed by atoms with Crippen LogP contribution in [0.2, 0.25) is 0 Å². The quantitative estimate of drug-likeness (QED) is 0.725. The Kier molecular flexibility index (Phi) is 4.76. The van der Waals surface area contributed by atoms with E-state index in [2.05, 4.69) is 17.1 Å². The lowest BCUT2D eigenvalue weighted by molar-refractivity contribution is -0.133. The number of nitrogens with one attached hydrogen (secondary N) is 1. The van der Waals surface area contributed by atoms with Crippen molar-refractivity contribution < 1.29 is 9.53 Å². The number of hydrogen-bond donors (Lipinski definition) is 1. The van der Waals surface area contributed by atoms with E-state index >= 15 is 0 Å². The minimum absolute atomic E-state index is 0.297. The van der Waals surface area contributed by atoms with Gasteiger partial charge in [0.15, 0.2) is 0 Å². The number of piperazine rings is 1. The fourth-order valence-electron chi connectivity index (χ4n) is 2.44. The van der Waals surface area contributed by atoms with E-state index in [0.29, 0.717) is 18.4 Å². The van der Waals surface area contributed by atoms with E-state index in [1.807, 2.05) is 4.90 Å². The lowest BCUT2D eigenvalue weighted by Crippen LogP contribution is -2.49. The Balaban J connectivity index is 1.76. The fraction of sp³-hybridized carbons (Fsp3) is 0.917. The summed E-state index contributed by atoms with van der Waals surface area (Å²) in [6, 6.07) is 0.335. The molecule has 0 aliphatic carbocycles. The van der Waals surface area contributed by atoms with Gasteiger partial charge in [-0.25, -0.2) is 0 Å². The zero-order chi connectivity index (χ0) is 12.1. The Labute approximate surface area is 103 Å². The summed E-state index contributed by atoms with van der Waals surface area (Å²) in [7, 11) is 0. The average molecular weight is 241 g/mol. The predicted molar refractivity (Wildman–Crippen MR) is 65.9 cm³/mol. The van der Waals surface area contributed by atoms with Crippen LogP contribution in [0.1, 0.15) is 13.3 Å². The van der Waals surface area contributed by atoms with Gasteiger partial charge in [0.25, 0.3) is 0 Å². The summed E-state index contributed by atoms with van der Waals surface area (Å²) in [5.74, 6) is 0.297. The average Bonchev–Trinajstić information content (AvgIpc) is 2.40. The highest BCUT2D eigenvalue weighted by Crippen LogP contribution is 2.09. The van der Waals surface area contributed by atoms with Gasteiger partial charge in [-0.2, -0.15) is 0 Å². The van der Waals surface area contributed by atoms with Gasteiger partial charge in [0, 0.05) is 51.7 Å². The van der Waals surface area contributed by atoms with Crippen LogP contribution >= 0.6 is 0 Å². The van der Waals surface area contributed by atoms with Crippen molar-refractivity contribution in [2.24, 2.45) is 0 Å². The molecule has 0 spiro atoms. The van der Waals surface area contributed by atoms with E-state index in [1.165, 1.54) is 0 Å². The maximum absolute atomic E-state index is 12.1. The first-order valence-corrected chi connectivity index (χ1v) is 6.57. The molecule has 2 fully saturated rings. The molecule has 0 saturated carbocycles. The topological polar surface area (TPSA) is 44.8 Å². The molecule has 1 unspecified atom stereocenters. The van der Waals surface area contributed by atoms with Crippen LogP contribution in [0.5, 0.6) is 0 Å². The van der Waals surface area contributed by atoms with Gasteiger partial charge in [-0.05, 0) is 6.92 Å². The minimum atomic E-state index is 0.297. The predicted octanol–water partition coefficient (Wildman–Crippen LogP) is -0.471. The van der Waals surface area contributed by atoms with Crippen LogP contribution in [0.3, 0.4) is 0 Å². The molecule has 0 radical (unpaired) electrons. The van der Waals surface area contributed by atoms with Gasteiger partial charge < -0.3 is 15.0 Å². The molecule has 0 bridgehead atoms. The van der Waals surface area contributed by atoms with Crippen molar-refractivity contribution in [1.82, 2.24) is 15.1 Å². The first kappa shape index (κ1) is 12.8. The van der Waals surface area contributed by atoms with Crippen LogP contribution in [-0.2, 0) is 9.53 Å². The van der Waals surface area contributed by atoms with Crippen LogP contribution in [0.25, 0.3) is 0 Å². The molecule has 0 aromatic carbocycles. The van der Waals surface area contributed by atoms with Gasteiger partial charge in [0.2, 0.25) is 5.91 Å². The van der Waals surface area contributed by atoms with E-state index in [-0.39, 0.29) is 0 Å². The molecule has 2 aliphatic heterocycles. The summed E-state index contributed by atoms with van der Waals surface area (Å²) in [6.07, 6.45) is 0.639. The second-order valence-electron chi connectivity index (χ2n) is 4.83. The summed E-state index contributed by atoms with van der Waals surface area (Å²) >= 11 is 0. The highest BCUT2D eigenvalue weighted by Gasteiger charge is 2.23. The van der Waals surface area contributed by atoms with Gasteiger partial charge in [-0.1, -0.05) is 0 Å². The Bertz CT molecular complexity index is 248. The Morgan fingerprint density at radius 3 is 2.53 bits per heavy atom. The zero-order valence-corrected chi connectivity index (χ0v) is 10.7. The van der Waals surface area contributed by atoms with E-state index in [9.17, 15) is 4.79 Å². The molecule has 2 heterocycles. The zero-order valence-electron chi connectivity index (χ0n) is 10.7. The smallest absolute Gasteiger partial charge is 0.224 e. The summed E-state index contributed by atoms with van der Waals surface area (Å²) in [5.41, 5.74) is 0. The SMILES string of the molecule is CC(CC(=O)N1CCNCC1)N1CCOCC1. The van der Waals surface area contributed by atoms with Gasteiger partial charge in [0.05, 0.1) is 13.2 Å². The molecule has 0 aromatic rings. The Morgan fingerprint density at radius 2 is 1.88 bits per heavy atom. The Morgan fingerprint density at radius 1 is 1.24 bits per heavy atom. The van der Waals surface area contributed by atoms with Crippen molar-refractivity contribution in [1.29, 1.82) is 0 Å². The molecule has 2 aliphatic rings. The number of amides is 1. The van der Waals surface area contributed by atoms with Crippen molar-refractivity contribution in [3.63, 3.8) is 0 Å². The lowest BCUT2D eigenvalue weighted by Gasteiger charge is -2.34. The molecule has 2 rings (SSSR count). The molecule has 1 amide bonds. The Hall–Kier alpha value is -0.650. The van der Waals surface area contributed by atoms with Gasteiger partial charge in [0.1, 0.15) is 0 Å². The molecule has 17 heavy (non-hydrogen) atoms. The third-order valence-electron chi connectivity index (χ3n) is 3.61. The number of ether oxygens (including phenoxy) is 1. The van der Waals surface area contributed by atoms with E-state index in [0.717, 1.165) is 52.5 Å². The largest absolute Gasteiger partial charge is 0.379 e. The highest BCUT2D eigenvalue weighted by molar-refractivity contribution is 5.76. The molecular formula is C12H23N3O2. The van der Waals surface area contributed by atoms with E-state index in [1.54, 1.807) is 0 Å².